The van der Waals surface area contributed by atoms with Gasteiger partial charge in [-0.25, -0.2) is 4.98 Å². The fourth-order valence-electron chi connectivity index (χ4n) is 2.78. The van der Waals surface area contributed by atoms with Gasteiger partial charge >= 0.3 is 0 Å². The second-order valence-electron chi connectivity index (χ2n) is 6.10. The first-order valence-electron chi connectivity index (χ1n) is 8.21. The maximum atomic E-state index is 12.0. The van der Waals surface area contributed by atoms with Gasteiger partial charge in [0.25, 0.3) is 0 Å². The number of para-hydroxylation sites is 1. The van der Waals surface area contributed by atoms with Gasteiger partial charge in [0.15, 0.2) is 5.16 Å². The molecule has 0 aliphatic heterocycles. The average Bonchev–Trinajstić information content (AvgIpc) is 3.08. The van der Waals surface area contributed by atoms with E-state index in [0.717, 1.165) is 16.4 Å². The molecule has 5 heteroatoms. The van der Waals surface area contributed by atoms with Crippen LogP contribution in [0.3, 0.4) is 0 Å². The van der Waals surface area contributed by atoms with Gasteiger partial charge < -0.3 is 5.73 Å². The summed E-state index contributed by atoms with van der Waals surface area (Å²) >= 11 is 1.38. The number of carbonyl (C=O) groups excluding carboxylic acids is 1. The highest BCUT2D eigenvalue weighted by molar-refractivity contribution is 8.00. The lowest BCUT2D eigenvalue weighted by Gasteiger charge is -2.17. The molecule has 25 heavy (non-hydrogen) atoms. The quantitative estimate of drug-likeness (QED) is 0.673. The Bertz CT molecular complexity index is 858. The van der Waals surface area contributed by atoms with E-state index in [0.29, 0.717) is 5.92 Å². The molecule has 0 bridgehead atoms. The van der Waals surface area contributed by atoms with Crippen LogP contribution >= 0.6 is 11.8 Å². The van der Waals surface area contributed by atoms with Crippen LogP contribution in [0.5, 0.6) is 0 Å². The summed E-state index contributed by atoms with van der Waals surface area (Å²) in [6.45, 7) is 4.33. The van der Waals surface area contributed by atoms with Crippen molar-refractivity contribution in [2.24, 2.45) is 5.73 Å². The summed E-state index contributed by atoms with van der Waals surface area (Å²) in [5.41, 5.74) is 8.85. The molecule has 2 aromatic carbocycles. The van der Waals surface area contributed by atoms with Crippen LogP contribution in [0.2, 0.25) is 0 Å². The van der Waals surface area contributed by atoms with Crippen LogP contribution < -0.4 is 5.73 Å². The summed E-state index contributed by atoms with van der Waals surface area (Å²) in [4.78, 5) is 16.5. The van der Waals surface area contributed by atoms with E-state index in [2.05, 4.69) is 31.0 Å². The predicted octanol–water partition coefficient (Wildman–Crippen LogP) is 4.31. The van der Waals surface area contributed by atoms with Crippen LogP contribution in [0, 0.1) is 0 Å². The Labute approximate surface area is 152 Å². The zero-order valence-electron chi connectivity index (χ0n) is 14.3. The highest BCUT2D eigenvalue weighted by atomic mass is 32.2. The van der Waals surface area contributed by atoms with Crippen LogP contribution in [-0.4, -0.2) is 15.5 Å². The molecule has 4 nitrogen and oxygen atoms in total. The summed E-state index contributed by atoms with van der Waals surface area (Å²) in [7, 11) is 0. The maximum Gasteiger partial charge on any atom is 0.235 e. The Balaban J connectivity index is 1.98. The number of hydrogen-bond donors (Lipinski definition) is 1. The number of thioether (sulfide) groups is 1. The van der Waals surface area contributed by atoms with Crippen LogP contribution in [-0.2, 0) is 4.79 Å². The zero-order chi connectivity index (χ0) is 17.8. The Hall–Kier alpha value is -2.53. The van der Waals surface area contributed by atoms with Crippen LogP contribution in [0.1, 0.15) is 36.1 Å². The third-order valence-electron chi connectivity index (χ3n) is 4.01. The Morgan fingerprint density at radius 1 is 1.08 bits per heavy atom. The third-order valence-corrected chi connectivity index (χ3v) is 5.26. The van der Waals surface area contributed by atoms with E-state index in [9.17, 15) is 4.79 Å². The molecule has 0 aliphatic carbocycles. The molecule has 1 heterocycles. The van der Waals surface area contributed by atoms with Crippen molar-refractivity contribution in [3.63, 3.8) is 0 Å². The van der Waals surface area contributed by atoms with Gasteiger partial charge in [0.2, 0.25) is 5.91 Å². The number of carbonyl (C=O) groups is 1. The molecule has 0 saturated heterocycles. The lowest BCUT2D eigenvalue weighted by Crippen LogP contribution is -2.19. The number of amides is 1. The van der Waals surface area contributed by atoms with Crippen LogP contribution in [0.4, 0.5) is 0 Å². The number of hydrogen-bond acceptors (Lipinski definition) is 3. The molecule has 0 saturated carbocycles. The third kappa shape index (κ3) is 3.77. The minimum absolute atomic E-state index is 0.372. The molecule has 0 radical (unpaired) electrons. The molecule has 3 aromatic rings. The molecule has 1 atom stereocenters. The van der Waals surface area contributed by atoms with Gasteiger partial charge in [0.05, 0.1) is 5.69 Å². The number of benzene rings is 2. The number of nitrogens with two attached hydrogens (primary N) is 1. The summed E-state index contributed by atoms with van der Waals surface area (Å²) in [5.74, 6) is 0.0143. The van der Waals surface area contributed by atoms with Gasteiger partial charge in [0.1, 0.15) is 5.25 Å². The van der Waals surface area contributed by atoms with E-state index in [4.69, 9.17) is 5.73 Å². The number of imidazole rings is 1. The fraction of sp³-hybridized carbons (Fsp3) is 0.200. The molecular weight excluding hydrogens is 330 g/mol. The standard InChI is InChI=1S/C20H21N3OS/c1-14(2)16-10-6-7-11-17(16)23-13-12-22-20(23)25-18(19(21)24)15-8-4-3-5-9-15/h3-14,18H,1-2H3,(H2,21,24)/t18-/m0/s1. The van der Waals surface area contributed by atoms with Gasteiger partial charge in [0, 0.05) is 12.4 Å². The van der Waals surface area contributed by atoms with E-state index >= 15 is 0 Å². The van der Waals surface area contributed by atoms with Crippen molar-refractivity contribution in [2.75, 3.05) is 0 Å². The summed E-state index contributed by atoms with van der Waals surface area (Å²) in [5, 5.41) is 0.273. The lowest BCUT2D eigenvalue weighted by molar-refractivity contribution is -0.117. The summed E-state index contributed by atoms with van der Waals surface area (Å²) < 4.78 is 2.03. The minimum atomic E-state index is -0.478. The molecule has 1 aromatic heterocycles. The second kappa shape index (κ2) is 7.57. The van der Waals surface area contributed by atoms with E-state index in [1.54, 1.807) is 6.20 Å². The largest absolute Gasteiger partial charge is 0.368 e. The number of rotatable bonds is 6. The normalized spacial score (nSPS) is 12.3. The second-order valence-corrected chi connectivity index (χ2v) is 7.18. The summed E-state index contributed by atoms with van der Waals surface area (Å²) in [6.07, 6.45) is 3.68. The van der Waals surface area contributed by atoms with Crippen LogP contribution in [0.15, 0.2) is 72.1 Å². The monoisotopic (exact) mass is 351 g/mol. The van der Waals surface area contributed by atoms with Gasteiger partial charge in [-0.05, 0) is 23.1 Å². The van der Waals surface area contributed by atoms with E-state index in [-0.39, 0.29) is 5.91 Å². The van der Waals surface area contributed by atoms with E-state index in [1.807, 2.05) is 53.2 Å². The van der Waals surface area contributed by atoms with Crippen molar-refractivity contribution in [3.05, 3.63) is 78.1 Å². The smallest absolute Gasteiger partial charge is 0.235 e. The lowest BCUT2D eigenvalue weighted by atomic mass is 10.0. The topological polar surface area (TPSA) is 60.9 Å². The molecule has 2 N–H and O–H groups in total. The highest BCUT2D eigenvalue weighted by Gasteiger charge is 2.22. The van der Waals surface area contributed by atoms with Crippen molar-refractivity contribution in [1.29, 1.82) is 0 Å². The zero-order valence-corrected chi connectivity index (χ0v) is 15.1. The van der Waals surface area contributed by atoms with E-state index < -0.39 is 5.25 Å². The molecule has 0 spiro atoms. The maximum absolute atomic E-state index is 12.0. The van der Waals surface area contributed by atoms with Crippen molar-refractivity contribution >= 4 is 17.7 Å². The number of aromatic nitrogens is 2. The number of nitrogens with zero attached hydrogens (tertiary/aromatic N) is 2. The molecule has 3 rings (SSSR count). The fourth-order valence-corrected chi connectivity index (χ4v) is 3.79. The Kier molecular flexibility index (Phi) is 5.24. The molecule has 0 fully saturated rings. The number of primary amides is 1. The van der Waals surface area contributed by atoms with Crippen molar-refractivity contribution in [3.8, 4) is 5.69 Å². The Morgan fingerprint density at radius 3 is 2.44 bits per heavy atom. The molecule has 128 valence electrons. The van der Waals surface area contributed by atoms with Crippen molar-refractivity contribution in [2.45, 2.75) is 30.2 Å². The summed E-state index contributed by atoms with van der Waals surface area (Å²) in [6, 6.07) is 17.8. The highest BCUT2D eigenvalue weighted by Crippen LogP contribution is 2.36. The van der Waals surface area contributed by atoms with Gasteiger partial charge in [-0.3, -0.25) is 9.36 Å². The minimum Gasteiger partial charge on any atom is -0.368 e. The van der Waals surface area contributed by atoms with Crippen molar-refractivity contribution in [1.82, 2.24) is 9.55 Å². The first-order chi connectivity index (χ1) is 12.1. The van der Waals surface area contributed by atoms with Gasteiger partial charge in [-0.2, -0.15) is 0 Å². The van der Waals surface area contributed by atoms with Gasteiger partial charge in [-0.15, -0.1) is 0 Å². The molecule has 1 amide bonds. The molecular formula is C20H21N3OS. The first-order valence-corrected chi connectivity index (χ1v) is 9.09. The first kappa shape index (κ1) is 17.3. The van der Waals surface area contributed by atoms with Crippen molar-refractivity contribution < 1.29 is 4.79 Å². The van der Waals surface area contributed by atoms with Crippen LogP contribution in [0.25, 0.3) is 5.69 Å². The average molecular weight is 351 g/mol. The SMILES string of the molecule is CC(C)c1ccccc1-n1ccnc1S[C@H](C(N)=O)c1ccccc1. The molecule has 0 aliphatic rings. The predicted molar refractivity (Wildman–Crippen MR) is 102 cm³/mol. The Morgan fingerprint density at radius 2 is 1.76 bits per heavy atom. The van der Waals surface area contributed by atoms with E-state index in [1.165, 1.54) is 17.3 Å². The molecule has 0 unspecified atom stereocenters. The van der Waals surface area contributed by atoms with Gasteiger partial charge in [-0.1, -0.05) is 74.1 Å².